The summed E-state index contributed by atoms with van der Waals surface area (Å²) in [7, 11) is 0. The van der Waals surface area contributed by atoms with Gasteiger partial charge >= 0.3 is 5.97 Å². The number of aromatic nitrogens is 2. The Morgan fingerprint density at radius 1 is 1.29 bits per heavy atom. The third-order valence-electron chi connectivity index (χ3n) is 4.50. The summed E-state index contributed by atoms with van der Waals surface area (Å²) in [6.45, 7) is 4.15. The summed E-state index contributed by atoms with van der Waals surface area (Å²) in [5.41, 5.74) is 1.03. The second-order valence-electron chi connectivity index (χ2n) is 6.77. The second kappa shape index (κ2) is 10.5. The highest BCUT2D eigenvalue weighted by atomic mass is 35.5. The van der Waals surface area contributed by atoms with Crippen LogP contribution in [0, 0.1) is 10.1 Å². The zero-order chi connectivity index (χ0) is 22.4. The number of esters is 1. The highest BCUT2D eigenvalue weighted by Crippen LogP contribution is 2.27. The molecule has 0 amide bonds. The number of nitro benzene ring substituents is 1. The molecule has 1 unspecified atom stereocenters. The van der Waals surface area contributed by atoms with Crippen LogP contribution in [0.3, 0.4) is 0 Å². The number of nitrogens with zero attached hydrogens (tertiary/aromatic N) is 3. The van der Waals surface area contributed by atoms with E-state index in [-0.39, 0.29) is 24.3 Å². The molecule has 1 aromatic heterocycles. The average molecular weight is 464 g/mol. The number of nitro groups is 1. The molecule has 0 spiro atoms. The van der Waals surface area contributed by atoms with Crippen LogP contribution in [0.1, 0.15) is 20.3 Å². The predicted molar refractivity (Wildman–Crippen MR) is 120 cm³/mol. The number of thioether (sulfide) groups is 1. The van der Waals surface area contributed by atoms with Crippen molar-refractivity contribution >= 4 is 46.1 Å². The zero-order valence-electron chi connectivity index (χ0n) is 17.1. The molecule has 31 heavy (non-hydrogen) atoms. The molecular weight excluding hydrogens is 442 g/mol. The lowest BCUT2D eigenvalue weighted by atomic mass is 10.3. The maximum Gasteiger partial charge on any atom is 0.326 e. The molecular formula is C21H22ClN3O5S. The number of halogens is 1. The quantitative estimate of drug-likeness (QED) is 0.135. The number of fused-ring (bicyclic) bond motifs is 1. The Balaban J connectivity index is 1.76. The molecule has 0 saturated carbocycles. The van der Waals surface area contributed by atoms with Crippen LogP contribution in [-0.4, -0.2) is 38.9 Å². The summed E-state index contributed by atoms with van der Waals surface area (Å²) in [5, 5.41) is 12.3. The molecule has 3 aromatic rings. The number of hydrogen-bond acceptors (Lipinski definition) is 7. The fraction of sp³-hybridized carbons (Fsp3) is 0.333. The highest BCUT2D eigenvalue weighted by Gasteiger charge is 2.18. The molecule has 0 aliphatic carbocycles. The lowest BCUT2D eigenvalue weighted by Gasteiger charge is -2.13. The Hall–Kier alpha value is -2.78. The van der Waals surface area contributed by atoms with Crippen LogP contribution in [-0.2, 0) is 16.1 Å². The fourth-order valence-corrected chi connectivity index (χ4v) is 3.73. The number of carbonyl (C=O) groups is 1. The minimum atomic E-state index is -0.470. The molecule has 0 bridgehead atoms. The molecule has 10 heteroatoms. The predicted octanol–water partition coefficient (Wildman–Crippen LogP) is 5.11. The van der Waals surface area contributed by atoms with Crippen LogP contribution in [0.5, 0.6) is 5.75 Å². The Labute approximate surface area is 188 Å². The van der Waals surface area contributed by atoms with E-state index in [4.69, 9.17) is 21.1 Å². The van der Waals surface area contributed by atoms with Crippen LogP contribution in [0.15, 0.2) is 47.6 Å². The normalized spacial score (nSPS) is 12.0. The van der Waals surface area contributed by atoms with Gasteiger partial charge in [-0.2, -0.15) is 0 Å². The molecule has 8 nitrogen and oxygen atoms in total. The summed E-state index contributed by atoms with van der Waals surface area (Å²) < 4.78 is 12.8. The number of non-ortho nitro benzene ring substituents is 1. The number of hydrogen-bond donors (Lipinski definition) is 0. The SMILES string of the molecule is CCC(C)OC(=O)Cn1c(SCCOc2ccc(Cl)cc2)nc2cc([N+](=O)[O-])ccc21. The van der Waals surface area contributed by atoms with Crippen molar-refractivity contribution in [1.82, 2.24) is 9.55 Å². The Bertz CT molecular complexity index is 1070. The van der Waals surface area contributed by atoms with Crippen molar-refractivity contribution in [2.75, 3.05) is 12.4 Å². The van der Waals surface area contributed by atoms with E-state index in [1.807, 2.05) is 13.8 Å². The standard InChI is InChI=1S/C21H22ClN3O5S/c1-3-14(2)30-20(26)13-24-19-9-6-16(25(27)28)12-18(19)23-21(24)31-11-10-29-17-7-4-15(22)5-8-17/h4-9,12,14H,3,10-11,13H2,1-2H3. The summed E-state index contributed by atoms with van der Waals surface area (Å²) >= 11 is 7.27. The molecule has 3 rings (SSSR count). The van der Waals surface area contributed by atoms with E-state index in [2.05, 4.69) is 4.98 Å². The number of rotatable bonds is 10. The van der Waals surface area contributed by atoms with Gasteiger partial charge in [-0.3, -0.25) is 14.9 Å². The van der Waals surface area contributed by atoms with E-state index < -0.39 is 4.92 Å². The van der Waals surface area contributed by atoms with Gasteiger partial charge in [-0.1, -0.05) is 30.3 Å². The third kappa shape index (κ3) is 6.11. The summed E-state index contributed by atoms with van der Waals surface area (Å²) in [4.78, 5) is 27.5. The van der Waals surface area contributed by atoms with Gasteiger partial charge < -0.3 is 14.0 Å². The van der Waals surface area contributed by atoms with Gasteiger partial charge in [-0.05, 0) is 43.7 Å². The smallest absolute Gasteiger partial charge is 0.326 e. The molecule has 2 aromatic carbocycles. The van der Waals surface area contributed by atoms with Crippen molar-refractivity contribution in [1.29, 1.82) is 0 Å². The molecule has 0 fully saturated rings. The van der Waals surface area contributed by atoms with E-state index >= 15 is 0 Å². The van der Waals surface area contributed by atoms with Crippen LogP contribution in [0.4, 0.5) is 5.69 Å². The van der Waals surface area contributed by atoms with E-state index in [1.54, 1.807) is 34.9 Å². The average Bonchev–Trinajstić information content (AvgIpc) is 3.08. The first-order chi connectivity index (χ1) is 14.9. The Kier molecular flexibility index (Phi) is 7.75. The van der Waals surface area contributed by atoms with Gasteiger partial charge in [0, 0.05) is 22.9 Å². The van der Waals surface area contributed by atoms with Crippen LogP contribution < -0.4 is 4.74 Å². The lowest BCUT2D eigenvalue weighted by molar-refractivity contribution is -0.384. The molecule has 1 heterocycles. The van der Waals surface area contributed by atoms with E-state index in [9.17, 15) is 14.9 Å². The van der Waals surface area contributed by atoms with Crippen molar-refractivity contribution in [3.05, 3.63) is 57.6 Å². The monoisotopic (exact) mass is 463 g/mol. The topological polar surface area (TPSA) is 96.5 Å². The summed E-state index contributed by atoms with van der Waals surface area (Å²) in [5.74, 6) is 0.881. The zero-order valence-corrected chi connectivity index (χ0v) is 18.7. The van der Waals surface area contributed by atoms with Crippen molar-refractivity contribution < 1.29 is 19.2 Å². The molecule has 0 aliphatic heterocycles. The summed E-state index contributed by atoms with van der Waals surface area (Å²) in [6, 6.07) is 11.5. The van der Waals surface area contributed by atoms with Gasteiger partial charge in [0.05, 0.1) is 28.7 Å². The number of ether oxygens (including phenoxy) is 2. The highest BCUT2D eigenvalue weighted by molar-refractivity contribution is 7.99. The van der Waals surface area contributed by atoms with Gasteiger partial charge in [-0.25, -0.2) is 4.98 Å². The number of imidazole rings is 1. The van der Waals surface area contributed by atoms with Gasteiger partial charge in [0.2, 0.25) is 0 Å². The van der Waals surface area contributed by atoms with Crippen LogP contribution in [0.25, 0.3) is 11.0 Å². The molecule has 0 aliphatic rings. The minimum Gasteiger partial charge on any atom is -0.493 e. The maximum absolute atomic E-state index is 12.4. The largest absolute Gasteiger partial charge is 0.493 e. The first kappa shape index (κ1) is 22.9. The number of benzene rings is 2. The second-order valence-corrected chi connectivity index (χ2v) is 8.27. The lowest BCUT2D eigenvalue weighted by Crippen LogP contribution is -2.19. The molecule has 0 saturated heterocycles. The fourth-order valence-electron chi connectivity index (χ4n) is 2.77. The number of carbonyl (C=O) groups excluding carboxylic acids is 1. The van der Waals surface area contributed by atoms with Crippen molar-refractivity contribution in [2.24, 2.45) is 0 Å². The first-order valence-corrected chi connectivity index (χ1v) is 11.1. The molecule has 0 N–H and O–H groups in total. The van der Waals surface area contributed by atoms with Crippen LogP contribution in [0.2, 0.25) is 5.02 Å². The summed E-state index contributed by atoms with van der Waals surface area (Å²) in [6.07, 6.45) is 0.527. The van der Waals surface area contributed by atoms with Gasteiger partial charge in [0.1, 0.15) is 12.3 Å². The van der Waals surface area contributed by atoms with Crippen molar-refractivity contribution in [3.8, 4) is 5.75 Å². The van der Waals surface area contributed by atoms with Gasteiger partial charge in [0.25, 0.3) is 5.69 Å². The van der Waals surface area contributed by atoms with E-state index in [0.29, 0.717) is 45.7 Å². The first-order valence-electron chi connectivity index (χ1n) is 9.72. The van der Waals surface area contributed by atoms with Crippen LogP contribution >= 0.6 is 23.4 Å². The third-order valence-corrected chi connectivity index (χ3v) is 5.69. The van der Waals surface area contributed by atoms with Gasteiger partial charge in [-0.15, -0.1) is 0 Å². The van der Waals surface area contributed by atoms with E-state index in [1.165, 1.54) is 23.9 Å². The molecule has 0 radical (unpaired) electrons. The maximum atomic E-state index is 12.4. The Morgan fingerprint density at radius 3 is 2.71 bits per heavy atom. The van der Waals surface area contributed by atoms with Crippen molar-refractivity contribution in [2.45, 2.75) is 38.1 Å². The molecule has 1 atom stereocenters. The van der Waals surface area contributed by atoms with E-state index in [0.717, 1.165) is 0 Å². The Morgan fingerprint density at radius 2 is 2.03 bits per heavy atom. The van der Waals surface area contributed by atoms with Gasteiger partial charge in [0.15, 0.2) is 5.16 Å². The van der Waals surface area contributed by atoms with Crippen molar-refractivity contribution in [3.63, 3.8) is 0 Å². The minimum absolute atomic E-state index is 0.0287. The molecule has 164 valence electrons.